The first-order chi connectivity index (χ1) is 24.2. The Morgan fingerprint density at radius 3 is 1.98 bits per heavy atom. The van der Waals surface area contributed by atoms with Crippen molar-refractivity contribution in [1.29, 1.82) is 0 Å². The van der Waals surface area contributed by atoms with Crippen LogP contribution in [0.4, 0.5) is 4.79 Å². The van der Waals surface area contributed by atoms with Crippen LogP contribution >= 0.6 is 0 Å². The second kappa shape index (κ2) is 15.5. The predicted octanol–water partition coefficient (Wildman–Crippen LogP) is 7.37. The summed E-state index contributed by atoms with van der Waals surface area (Å²) in [6, 6.07) is 28.6. The van der Waals surface area contributed by atoms with Gasteiger partial charge in [0.1, 0.15) is 5.60 Å². The summed E-state index contributed by atoms with van der Waals surface area (Å²) in [6.45, 7) is 15.2. The van der Waals surface area contributed by atoms with Crippen molar-refractivity contribution in [3.63, 3.8) is 0 Å². The van der Waals surface area contributed by atoms with Gasteiger partial charge >= 0.3 is 12.1 Å². The molecule has 51 heavy (non-hydrogen) atoms. The summed E-state index contributed by atoms with van der Waals surface area (Å²) in [5.41, 5.74) is 0.764. The number of benzene rings is 3. The number of methoxy groups -OCH3 is 1. The van der Waals surface area contributed by atoms with Crippen molar-refractivity contribution >= 4 is 41.7 Å². The lowest BCUT2D eigenvalue weighted by Gasteiger charge is -2.44. The zero-order valence-electron chi connectivity index (χ0n) is 31.5. The molecule has 0 saturated carbocycles. The number of aromatic nitrogens is 1. The van der Waals surface area contributed by atoms with Gasteiger partial charge in [0, 0.05) is 24.3 Å². The quantitative estimate of drug-likeness (QED) is 0.0828. The third kappa shape index (κ3) is 8.17. The van der Waals surface area contributed by atoms with Crippen LogP contribution in [0.3, 0.4) is 0 Å². The van der Waals surface area contributed by atoms with Crippen LogP contribution in [0.2, 0.25) is 5.04 Å². The molecule has 1 aliphatic rings. The van der Waals surface area contributed by atoms with Crippen LogP contribution in [-0.4, -0.2) is 68.2 Å². The van der Waals surface area contributed by atoms with Crippen LogP contribution in [0.25, 0.3) is 10.9 Å². The van der Waals surface area contributed by atoms with Gasteiger partial charge in [-0.15, -0.1) is 0 Å². The van der Waals surface area contributed by atoms with Crippen LogP contribution in [0, 0.1) is 5.92 Å². The maximum absolute atomic E-state index is 14.1. The van der Waals surface area contributed by atoms with E-state index in [1.807, 2.05) is 57.2 Å². The smallest absolute Gasteiger partial charge is 0.419 e. The minimum absolute atomic E-state index is 0.148. The van der Waals surface area contributed by atoms with Gasteiger partial charge in [0.2, 0.25) is 0 Å². The molecule has 2 heterocycles. The molecule has 1 fully saturated rings. The van der Waals surface area contributed by atoms with Crippen LogP contribution < -0.4 is 10.4 Å². The minimum Gasteiger partial charge on any atom is -0.469 e. The van der Waals surface area contributed by atoms with Crippen LogP contribution in [0.15, 0.2) is 84.9 Å². The molecule has 3 aromatic carbocycles. The Labute approximate surface area is 304 Å². The molecular formula is C42H55NO7Si. The van der Waals surface area contributed by atoms with Crippen LogP contribution in [0.5, 0.6) is 0 Å². The lowest BCUT2D eigenvalue weighted by atomic mass is 9.84. The van der Waals surface area contributed by atoms with E-state index in [9.17, 15) is 14.7 Å². The van der Waals surface area contributed by atoms with E-state index in [1.54, 1.807) is 0 Å². The van der Waals surface area contributed by atoms with Crippen molar-refractivity contribution in [1.82, 2.24) is 4.57 Å². The summed E-state index contributed by atoms with van der Waals surface area (Å²) in [5, 5.41) is 13.2. The maximum atomic E-state index is 14.1. The topological polar surface area (TPSA) is 99.5 Å². The number of aliphatic hydroxyl groups excluding tert-OH is 1. The maximum Gasteiger partial charge on any atom is 0.419 e. The molecule has 274 valence electrons. The Kier molecular flexibility index (Phi) is 11.7. The van der Waals surface area contributed by atoms with Gasteiger partial charge in [-0.2, -0.15) is 0 Å². The lowest BCUT2D eigenvalue weighted by Crippen LogP contribution is -2.67. The summed E-state index contributed by atoms with van der Waals surface area (Å²) < 4.78 is 26.5. The largest absolute Gasteiger partial charge is 0.469 e. The number of ether oxygens (including phenoxy) is 3. The molecule has 8 nitrogen and oxygen atoms in total. The number of esters is 1. The summed E-state index contributed by atoms with van der Waals surface area (Å²) in [6.07, 6.45) is 1.52. The van der Waals surface area contributed by atoms with Crippen LogP contribution in [0.1, 0.15) is 84.9 Å². The third-order valence-electron chi connectivity index (χ3n) is 10.2. The van der Waals surface area contributed by atoms with Gasteiger partial charge < -0.3 is 23.7 Å². The highest BCUT2D eigenvalue weighted by Gasteiger charge is 2.52. The van der Waals surface area contributed by atoms with Crippen molar-refractivity contribution in [2.75, 3.05) is 26.9 Å². The van der Waals surface area contributed by atoms with Crippen molar-refractivity contribution in [2.45, 2.75) is 96.3 Å². The number of epoxide rings is 1. The third-order valence-corrected chi connectivity index (χ3v) is 15.2. The number of carbonyl (C=O) groups is 2. The molecule has 0 aliphatic carbocycles. The van der Waals surface area contributed by atoms with E-state index in [1.165, 1.54) is 22.1 Å². The first-order valence-electron chi connectivity index (χ1n) is 18.1. The number of rotatable bonds is 14. The summed E-state index contributed by atoms with van der Waals surface area (Å²) in [7, 11) is -1.54. The Hall–Kier alpha value is -3.76. The van der Waals surface area contributed by atoms with E-state index in [0.717, 1.165) is 17.4 Å². The molecule has 1 unspecified atom stereocenters. The lowest BCUT2D eigenvalue weighted by molar-refractivity contribution is -0.143. The summed E-state index contributed by atoms with van der Waals surface area (Å²) in [4.78, 5) is 28.1. The molecule has 0 amide bonds. The highest BCUT2D eigenvalue weighted by Crippen LogP contribution is 2.44. The Morgan fingerprint density at radius 1 is 0.922 bits per heavy atom. The molecule has 0 spiro atoms. The second-order valence-corrected chi connectivity index (χ2v) is 20.2. The van der Waals surface area contributed by atoms with Crippen molar-refractivity contribution in [3.8, 4) is 0 Å². The molecule has 1 N–H and O–H groups in total. The zero-order valence-corrected chi connectivity index (χ0v) is 32.5. The normalized spacial score (nSPS) is 17.6. The Balaban J connectivity index is 1.65. The number of hydrogen-bond acceptors (Lipinski definition) is 7. The summed E-state index contributed by atoms with van der Waals surface area (Å²) >= 11 is 0. The Bertz CT molecular complexity index is 1750. The molecule has 9 heteroatoms. The van der Waals surface area contributed by atoms with Gasteiger partial charge in [-0.3, -0.25) is 4.79 Å². The predicted molar refractivity (Wildman–Crippen MR) is 204 cm³/mol. The fourth-order valence-corrected chi connectivity index (χ4v) is 12.3. The Morgan fingerprint density at radius 2 is 1.49 bits per heavy atom. The van der Waals surface area contributed by atoms with E-state index in [-0.39, 0.29) is 29.6 Å². The molecule has 3 atom stereocenters. The van der Waals surface area contributed by atoms with E-state index >= 15 is 0 Å². The minimum atomic E-state index is -2.92. The molecular weight excluding hydrogens is 659 g/mol. The van der Waals surface area contributed by atoms with Gasteiger partial charge in [-0.25, -0.2) is 9.36 Å². The second-order valence-electron chi connectivity index (χ2n) is 15.9. The molecule has 1 saturated heterocycles. The molecule has 1 aromatic heterocycles. The number of hydrogen-bond donors (Lipinski definition) is 1. The van der Waals surface area contributed by atoms with E-state index in [4.69, 9.17) is 18.6 Å². The van der Waals surface area contributed by atoms with Crippen molar-refractivity contribution in [3.05, 3.63) is 96.2 Å². The fourth-order valence-electron chi connectivity index (χ4n) is 7.68. The zero-order chi connectivity index (χ0) is 37.0. The highest BCUT2D eigenvalue weighted by atomic mass is 28.4. The first kappa shape index (κ1) is 38.5. The van der Waals surface area contributed by atoms with Crippen LogP contribution in [-0.2, 0) is 29.9 Å². The van der Waals surface area contributed by atoms with Gasteiger partial charge in [0.25, 0.3) is 8.32 Å². The molecule has 1 aliphatic heterocycles. The van der Waals surface area contributed by atoms with Gasteiger partial charge in [-0.05, 0) is 79.4 Å². The number of fused-ring (bicyclic) bond motifs is 1. The highest BCUT2D eigenvalue weighted by molar-refractivity contribution is 6.99. The monoisotopic (exact) mass is 713 g/mol. The fraction of sp³-hybridized carbons (Fsp3) is 0.476. The van der Waals surface area contributed by atoms with Gasteiger partial charge in [-0.1, -0.05) is 107 Å². The molecule has 0 radical (unpaired) electrons. The first-order valence-corrected chi connectivity index (χ1v) is 20.0. The number of carbonyl (C=O) groups excluding carboxylic acids is 2. The number of aliphatic hydroxyl groups is 1. The van der Waals surface area contributed by atoms with Crippen molar-refractivity contribution in [2.24, 2.45) is 5.92 Å². The number of nitrogens with zero attached hydrogens (tertiary/aromatic N) is 1. The van der Waals surface area contributed by atoms with E-state index in [0.29, 0.717) is 37.3 Å². The molecule has 4 aromatic rings. The average molecular weight is 714 g/mol. The number of para-hydroxylation sites is 1. The van der Waals surface area contributed by atoms with E-state index < -0.39 is 31.9 Å². The van der Waals surface area contributed by atoms with Gasteiger partial charge in [0.05, 0.1) is 30.8 Å². The van der Waals surface area contributed by atoms with E-state index in [2.05, 4.69) is 76.2 Å². The van der Waals surface area contributed by atoms with Gasteiger partial charge in [0.15, 0.2) is 0 Å². The summed E-state index contributed by atoms with van der Waals surface area (Å²) in [5.74, 6) is -1.46. The average Bonchev–Trinajstić information content (AvgIpc) is 3.80. The van der Waals surface area contributed by atoms with Crippen molar-refractivity contribution < 1.29 is 33.3 Å². The standard InChI is InChI=1S/C42H55NO7Si/c1-9-42(29-48-42)27-30(28-49-51(41(5,6)7,31-18-12-10-13-19-31)32-20-14-11-15-21-32)26-35(38(45)47-8)37-34(24-25-44)33-22-16-17-23-36(33)43(37)39(46)50-40(2,3)4/h10-23,30,35,44H,9,24-29H2,1-8H3/t30-,35?,42+/m1/s1. The molecule has 0 bridgehead atoms. The molecule has 5 rings (SSSR count). The SMILES string of the molecule is CC[C@]1(C[C@H](CO[Si](c2ccccc2)(c2ccccc2)C(C)(C)C)CC(C(=O)OC)c2c(CCO)c3ccccc3n2C(=O)OC(C)(C)C)CO1.